The molecule has 51 nitrogen and oxygen atoms in total. The van der Waals surface area contributed by atoms with Crippen LogP contribution in [0.3, 0.4) is 0 Å². The van der Waals surface area contributed by atoms with Crippen molar-refractivity contribution in [3.63, 3.8) is 0 Å². The number of aliphatic hydroxyl groups is 3. The maximum Gasteiger partial charge on any atom is 0.328 e. The molecular weight excluding hydrogens is 1960 g/mol. The fourth-order valence-electron chi connectivity index (χ4n) is 15.2. The molecule has 149 heavy (non-hydrogen) atoms. The van der Waals surface area contributed by atoms with Crippen LogP contribution in [0.4, 0.5) is 0 Å². The third-order valence-corrected chi connectivity index (χ3v) is 24.4. The Labute approximate surface area is 866 Å². The number of carbonyl (C=O) groups is 21. The number of thioether (sulfide) groups is 1. The molecule has 0 aliphatic carbocycles. The number of nitrogens with one attached hydrogen (secondary N) is 20. The molecule has 0 radical (unpaired) electrons. The number of aromatic nitrogens is 1. The summed E-state index contributed by atoms with van der Waals surface area (Å²) in [6.07, 6.45) is -3.36. The highest BCUT2D eigenvalue weighted by Gasteiger charge is 2.42. The average Bonchev–Trinajstić information content (AvgIpc) is 1.69. The molecule has 0 spiro atoms. The zero-order chi connectivity index (χ0) is 112. The Morgan fingerprint density at radius 3 is 1.27 bits per heavy atom. The van der Waals surface area contributed by atoms with E-state index in [0.717, 1.165) is 13.8 Å². The first-order valence-electron chi connectivity index (χ1n) is 49.1. The normalized spacial score (nSPS) is 15.1. The number of nitrogens with two attached hydrogens (primary N) is 5. The van der Waals surface area contributed by atoms with Crippen molar-refractivity contribution < 1.29 is 126 Å². The smallest absolute Gasteiger partial charge is 0.328 e. The third kappa shape index (κ3) is 45.4. The van der Waals surface area contributed by atoms with Gasteiger partial charge < -0.3 is 155 Å². The first-order chi connectivity index (χ1) is 70.3. The van der Waals surface area contributed by atoms with Crippen molar-refractivity contribution in [1.29, 1.82) is 5.41 Å². The lowest BCUT2D eigenvalue weighted by atomic mass is 9.96. The van der Waals surface area contributed by atoms with Crippen molar-refractivity contribution in [3.8, 4) is 0 Å². The second kappa shape index (κ2) is 65.3. The van der Waals surface area contributed by atoms with Gasteiger partial charge in [-0.2, -0.15) is 11.8 Å². The quantitative estimate of drug-likeness (QED) is 0.0111. The highest BCUT2D eigenvalue weighted by Crippen LogP contribution is 2.22. The van der Waals surface area contributed by atoms with Gasteiger partial charge in [0.05, 0.1) is 44.4 Å². The summed E-state index contributed by atoms with van der Waals surface area (Å²) in [5, 5.41) is 104. The lowest BCUT2D eigenvalue weighted by Gasteiger charge is -2.30. The predicted octanol–water partition coefficient (Wildman–Crippen LogP) is -6.58. The molecule has 824 valence electrons. The van der Waals surface area contributed by atoms with Crippen LogP contribution in [-0.2, 0) is 120 Å². The number of carboxylic acids is 2. The Hall–Kier alpha value is -14.5. The van der Waals surface area contributed by atoms with Gasteiger partial charge >= 0.3 is 11.9 Å². The summed E-state index contributed by atoms with van der Waals surface area (Å²) in [6, 6.07) is -2.74. The molecule has 0 saturated heterocycles. The summed E-state index contributed by atoms with van der Waals surface area (Å²) in [5.74, 6) is -25.3. The molecular formula is C97H149N25O26S. The number of carbonyl (C=O) groups excluding carboxylic acids is 19. The molecule has 4 rings (SSSR count). The number of carboxylic acid groups (broad SMARTS) is 2. The van der Waals surface area contributed by atoms with E-state index >= 15 is 9.59 Å². The van der Waals surface area contributed by atoms with Gasteiger partial charge in [-0.15, -0.1) is 0 Å². The van der Waals surface area contributed by atoms with Crippen molar-refractivity contribution in [1.82, 2.24) is 101 Å². The maximum absolute atomic E-state index is 15.2. The van der Waals surface area contributed by atoms with Gasteiger partial charge in [0.2, 0.25) is 112 Å². The molecule has 0 saturated carbocycles. The van der Waals surface area contributed by atoms with Crippen molar-refractivity contribution in [2.24, 2.45) is 52.3 Å². The van der Waals surface area contributed by atoms with Gasteiger partial charge in [-0.1, -0.05) is 141 Å². The molecule has 1 heterocycles. The van der Waals surface area contributed by atoms with Gasteiger partial charge in [0.15, 0.2) is 5.96 Å². The molecule has 4 aromatic rings. The summed E-state index contributed by atoms with van der Waals surface area (Å²) in [6.45, 7) is 12.5. The van der Waals surface area contributed by atoms with Gasteiger partial charge in [0.1, 0.15) is 90.6 Å². The third-order valence-electron chi connectivity index (χ3n) is 23.8. The fourth-order valence-corrected chi connectivity index (χ4v) is 15.7. The number of unbranched alkanes of at least 4 members (excludes halogenated alkanes) is 1. The van der Waals surface area contributed by atoms with Crippen LogP contribution in [0, 0.1) is 29.1 Å². The lowest BCUT2D eigenvalue weighted by Crippen LogP contribution is -2.63. The first-order valence-corrected chi connectivity index (χ1v) is 50.5. The number of amides is 19. The van der Waals surface area contributed by atoms with E-state index in [1.54, 1.807) is 133 Å². The Bertz CT molecular complexity index is 5190. The zero-order valence-corrected chi connectivity index (χ0v) is 86.3. The molecule has 0 unspecified atom stereocenters. The summed E-state index contributed by atoms with van der Waals surface area (Å²) >= 11 is 1.28. The molecule has 0 aliphatic rings. The van der Waals surface area contributed by atoms with E-state index in [1.807, 2.05) is 5.32 Å². The maximum atomic E-state index is 15.2. The summed E-state index contributed by atoms with van der Waals surface area (Å²) in [4.78, 5) is 295. The number of benzene rings is 3. The van der Waals surface area contributed by atoms with E-state index < -0.39 is 302 Å². The van der Waals surface area contributed by atoms with Gasteiger partial charge in [-0.25, -0.2) is 4.79 Å². The molecule has 3 aromatic carbocycles. The summed E-state index contributed by atoms with van der Waals surface area (Å²) in [7, 11) is 0. The number of aliphatic carboxylic acids is 2. The molecule has 52 heteroatoms. The van der Waals surface area contributed by atoms with Crippen LogP contribution in [0.15, 0.2) is 91.1 Å². The van der Waals surface area contributed by atoms with Crippen molar-refractivity contribution in [2.75, 3.05) is 44.8 Å². The van der Waals surface area contributed by atoms with E-state index in [0.29, 0.717) is 34.0 Å². The highest BCUT2D eigenvalue weighted by molar-refractivity contribution is 7.98. The van der Waals surface area contributed by atoms with Crippen LogP contribution < -0.4 is 124 Å². The average molecular weight is 2110 g/mol. The number of hydrogen-bond acceptors (Lipinski definition) is 28. The van der Waals surface area contributed by atoms with E-state index in [9.17, 15) is 117 Å². The number of primary amides is 2. The van der Waals surface area contributed by atoms with Crippen molar-refractivity contribution >= 4 is 153 Å². The van der Waals surface area contributed by atoms with E-state index in [4.69, 9.17) is 34.1 Å². The minimum absolute atomic E-state index is 0.0745. The Morgan fingerprint density at radius 2 is 0.785 bits per heavy atom. The second-order valence-electron chi connectivity index (χ2n) is 37.3. The number of aliphatic hydroxyl groups excluding tert-OH is 3. The number of aromatic amines is 1. The highest BCUT2D eigenvalue weighted by atomic mass is 32.2. The largest absolute Gasteiger partial charge is 0.481 e. The number of H-pyrrole nitrogens is 1. The molecule has 0 aliphatic heterocycles. The minimum atomic E-state index is -2.07. The molecule has 1 aromatic heterocycles. The standard InChI is InChI=1S/C97H149N25O26S/c1-12-52(8)78(94(145)122-79(53(9)124)92(143)107-47-74(129)109-70(48-123)96(147)148)120-89(140)67(42-56-26-17-14-18-27-56)114-84(135)64(36-39-149-11)111-82(133)61(30-21-22-37-98)112-95(146)80(54(10)125)121-88(139)65(40-49(2)3)117-93(144)77(51(6)7)119-90(141)69(44-75(130)131)116-87(138)68(43-57-45-105-60-29-20-19-28-58(57)60)115-86(137)66(41-55-24-15-13-16-25-55)113-83(134)63(33-35-72(101)127)108-73(128)46-106-91(142)76(50(4)5)118-85(136)62(31-23-38-104-97(102)103)110-81(132)59(99)32-34-71(100)126/h13-20,24-29,45,49-54,59,61-70,76-80,105,123-125H,12,21-23,30-44,46-48,98-99H2,1-11H3,(H2,100,126)(H2,101,127)(H,106,142)(H,107,143)(H,108,128)(H,109,129)(H,110,132)(H,111,133)(H,112,146)(H,113,134)(H,114,135)(H,115,137)(H,116,138)(H,117,144)(H,118,136)(H,119,141)(H,120,140)(H,121,139)(H,122,145)(H,130,131)(H,147,148)(H4,102,103,104)/t52-,53+,54+,59-,61-,62-,63-,64-,65-,66-,67-,68-,69-,70-,76-,77-,78-,79-,80-/m0/s1. The van der Waals surface area contributed by atoms with Crippen LogP contribution in [0.2, 0.25) is 0 Å². The number of guanidine groups is 1. The summed E-state index contributed by atoms with van der Waals surface area (Å²) in [5.41, 5.74) is 29.9. The van der Waals surface area contributed by atoms with Gasteiger partial charge in [-0.05, 0) is 137 Å². The van der Waals surface area contributed by atoms with Crippen LogP contribution >= 0.6 is 11.8 Å². The predicted molar refractivity (Wildman–Crippen MR) is 546 cm³/mol. The monoisotopic (exact) mass is 2110 g/mol. The lowest BCUT2D eigenvalue weighted by molar-refractivity contribution is -0.143. The molecule has 19 atom stereocenters. The van der Waals surface area contributed by atoms with Crippen LogP contribution in [0.25, 0.3) is 10.9 Å². The van der Waals surface area contributed by atoms with Crippen LogP contribution in [0.1, 0.15) is 169 Å². The summed E-state index contributed by atoms with van der Waals surface area (Å²) < 4.78 is 0. The first kappa shape index (κ1) is 127. The van der Waals surface area contributed by atoms with Gasteiger partial charge in [0, 0.05) is 55.7 Å². The fraction of sp³-hybridized carbons (Fsp3) is 0.567. The number of para-hydroxylation sites is 1. The second-order valence-corrected chi connectivity index (χ2v) is 38.3. The Morgan fingerprint density at radius 1 is 0.403 bits per heavy atom. The van der Waals surface area contributed by atoms with E-state index in [1.165, 1.54) is 31.8 Å². The van der Waals surface area contributed by atoms with Gasteiger partial charge in [-0.3, -0.25) is 101 Å². The topological polar surface area (TPSA) is 846 Å². The number of rotatable bonds is 69. The van der Waals surface area contributed by atoms with Crippen molar-refractivity contribution in [3.05, 3.63) is 108 Å². The SMILES string of the molecule is CC[C@H](C)[C@H](NC(=O)[C@H](Cc1ccccc1)NC(=O)[C@H](CCSC)NC(=O)[C@H](CCCCN)NC(=O)[C@@H](NC(=O)[C@H](CC(C)C)NC(=O)[C@@H](NC(=O)[C@H](CC(=O)O)NC(=O)[C@H](Cc1c[nH]c2ccccc12)NC(=O)[C@H](Cc1ccccc1)NC(=O)[C@H](CCC(N)=O)NC(=O)CNC(=O)[C@@H](NC(=O)[C@H](CCCNC(=N)N)NC(=O)[C@@H](N)CCC(N)=O)C(C)C)C(C)C)[C@@H](C)O)C(=O)N[C@H](C(=O)NCC(=O)N[C@@H](CO)C(=O)O)[C@@H](C)O. The zero-order valence-electron chi connectivity index (χ0n) is 85.5. The van der Waals surface area contributed by atoms with Crippen LogP contribution in [-0.4, -0.2) is 314 Å². The molecule has 35 N–H and O–H groups in total. The molecule has 0 fully saturated rings. The number of hydrogen-bond donors (Lipinski definition) is 30. The van der Waals surface area contributed by atoms with Crippen LogP contribution in [0.5, 0.6) is 0 Å². The van der Waals surface area contributed by atoms with E-state index in [-0.39, 0.29) is 95.4 Å². The Balaban J connectivity index is 1.64. The van der Waals surface area contributed by atoms with E-state index in [2.05, 4.69) is 95.4 Å². The van der Waals surface area contributed by atoms with Gasteiger partial charge in [0.25, 0.3) is 0 Å². The molecule has 0 bridgehead atoms. The molecule has 19 amide bonds. The number of fused-ring (bicyclic) bond motifs is 1. The minimum Gasteiger partial charge on any atom is -0.481 e. The van der Waals surface area contributed by atoms with Crippen molar-refractivity contribution in [2.45, 2.75) is 281 Å². The Kier molecular flexibility index (Phi) is 55.5.